The van der Waals surface area contributed by atoms with Crippen LogP contribution in [0, 0.1) is 5.82 Å². The molecular weight excluding hydrogens is 257 g/mol. The molecule has 1 saturated heterocycles. The minimum atomic E-state index is -1.20. The maximum atomic E-state index is 13.7. The average Bonchev–Trinajstić information content (AvgIpc) is 2.65. The van der Waals surface area contributed by atoms with Crippen molar-refractivity contribution >= 4 is 0 Å². The van der Waals surface area contributed by atoms with Gasteiger partial charge in [0.1, 0.15) is 6.10 Å². The number of benzene rings is 1. The van der Waals surface area contributed by atoms with Crippen molar-refractivity contribution in [3.8, 4) is 11.5 Å². The fraction of sp³-hybridized carbons (Fsp3) is 0.500. The minimum Gasteiger partial charge on any atom is -0.504 e. The second-order valence-electron chi connectivity index (χ2n) is 4.47. The lowest BCUT2D eigenvalue weighted by atomic mass is 10.0. The second-order valence-corrected chi connectivity index (χ2v) is 4.47. The summed E-state index contributed by atoms with van der Waals surface area (Å²) in [5.74, 6) is -1.45. The van der Waals surface area contributed by atoms with Crippen LogP contribution >= 0.6 is 0 Å². The Labute approximate surface area is 109 Å². The number of methoxy groups -OCH3 is 1. The van der Waals surface area contributed by atoms with Crippen LogP contribution in [0.1, 0.15) is 11.6 Å². The third-order valence-corrected chi connectivity index (χ3v) is 3.30. The zero-order valence-electron chi connectivity index (χ0n) is 10.2. The number of phenols is 1. The normalized spacial score (nSPS) is 30.6. The Bertz CT molecular complexity index is 446. The summed E-state index contributed by atoms with van der Waals surface area (Å²) in [4.78, 5) is 0. The van der Waals surface area contributed by atoms with E-state index in [1.54, 1.807) is 0 Å². The molecule has 1 aromatic rings. The predicted molar refractivity (Wildman–Crippen MR) is 63.4 cm³/mol. The molecule has 0 bridgehead atoms. The van der Waals surface area contributed by atoms with Crippen molar-refractivity contribution in [1.29, 1.82) is 0 Å². The highest BCUT2D eigenvalue weighted by Crippen LogP contribution is 2.35. The van der Waals surface area contributed by atoms with E-state index in [4.69, 9.17) is 5.11 Å². The topological polar surface area (TPSA) is 102 Å². The van der Waals surface area contributed by atoms with E-state index in [0.717, 1.165) is 6.07 Å². The largest absolute Gasteiger partial charge is 0.504 e. The molecule has 1 heterocycles. The first-order chi connectivity index (χ1) is 8.99. The third-order valence-electron chi connectivity index (χ3n) is 3.30. The van der Waals surface area contributed by atoms with Crippen LogP contribution in [0.2, 0.25) is 0 Å². The lowest BCUT2D eigenvalue weighted by Gasteiger charge is -2.17. The van der Waals surface area contributed by atoms with Gasteiger partial charge in [-0.05, 0) is 17.7 Å². The molecule has 0 radical (unpaired) electrons. The number of hydrogen-bond acceptors (Lipinski definition) is 6. The van der Waals surface area contributed by atoms with Crippen LogP contribution in [0.3, 0.4) is 0 Å². The zero-order valence-corrected chi connectivity index (χ0v) is 10.2. The Hall–Kier alpha value is -1.41. The van der Waals surface area contributed by atoms with Crippen LogP contribution in [0.4, 0.5) is 4.39 Å². The maximum Gasteiger partial charge on any atom is 0.196 e. The summed E-state index contributed by atoms with van der Waals surface area (Å²) in [7, 11) is 1.23. The molecule has 0 unspecified atom stereocenters. The first kappa shape index (κ1) is 14.0. The fourth-order valence-corrected chi connectivity index (χ4v) is 2.30. The molecule has 4 atom stereocenters. The number of rotatable bonds is 3. The summed E-state index contributed by atoms with van der Waals surface area (Å²) in [6.07, 6.45) is -2.37. The minimum absolute atomic E-state index is 0.262. The average molecular weight is 273 g/mol. The fourth-order valence-electron chi connectivity index (χ4n) is 2.30. The summed E-state index contributed by atoms with van der Waals surface area (Å²) in [6, 6.07) is 0.868. The molecular formula is C12H16FNO5. The lowest BCUT2D eigenvalue weighted by Crippen LogP contribution is -2.35. The molecule has 1 aromatic carbocycles. The molecule has 0 aliphatic carbocycles. The first-order valence-corrected chi connectivity index (χ1v) is 5.79. The standard InChI is InChI=1S/C12H16FNO5/c1-19-12-6(13)2-5(3-8(12)16)9-11(18)10(17)7(4-15)14-9/h2-3,7,9-11,14-18H,4H2,1H3/t7-,9-,10-,11-/m1/s1. The molecule has 1 aliphatic rings. The van der Waals surface area contributed by atoms with Crippen molar-refractivity contribution in [1.82, 2.24) is 5.32 Å². The first-order valence-electron chi connectivity index (χ1n) is 5.79. The van der Waals surface area contributed by atoms with Crippen molar-refractivity contribution in [3.63, 3.8) is 0 Å². The van der Waals surface area contributed by atoms with Crippen molar-refractivity contribution in [3.05, 3.63) is 23.5 Å². The highest BCUT2D eigenvalue weighted by molar-refractivity contribution is 5.44. The van der Waals surface area contributed by atoms with Gasteiger partial charge in [-0.2, -0.15) is 0 Å². The van der Waals surface area contributed by atoms with E-state index in [2.05, 4.69) is 10.1 Å². The smallest absolute Gasteiger partial charge is 0.196 e. The molecule has 5 N–H and O–H groups in total. The molecule has 106 valence electrons. The van der Waals surface area contributed by atoms with E-state index in [1.165, 1.54) is 13.2 Å². The number of phenolic OH excluding ortho intramolecular Hbond substituents is 1. The van der Waals surface area contributed by atoms with Crippen molar-refractivity contribution in [2.75, 3.05) is 13.7 Å². The van der Waals surface area contributed by atoms with Gasteiger partial charge in [-0.3, -0.25) is 0 Å². The van der Waals surface area contributed by atoms with Crippen LogP contribution in [-0.2, 0) is 0 Å². The summed E-state index contributed by atoms with van der Waals surface area (Å²) in [6.45, 7) is -0.362. The van der Waals surface area contributed by atoms with Gasteiger partial charge in [0.15, 0.2) is 17.3 Å². The number of ether oxygens (including phenoxy) is 1. The van der Waals surface area contributed by atoms with Crippen LogP contribution in [0.5, 0.6) is 11.5 Å². The maximum absolute atomic E-state index is 13.7. The van der Waals surface area contributed by atoms with Gasteiger partial charge in [-0.25, -0.2) is 4.39 Å². The molecule has 6 nitrogen and oxygen atoms in total. The molecule has 0 saturated carbocycles. The molecule has 1 fully saturated rings. The highest BCUT2D eigenvalue weighted by atomic mass is 19.1. The van der Waals surface area contributed by atoms with E-state index in [1.807, 2.05) is 0 Å². The number of nitrogens with one attached hydrogen (secondary N) is 1. The van der Waals surface area contributed by atoms with Gasteiger partial charge in [-0.15, -0.1) is 0 Å². The van der Waals surface area contributed by atoms with Gasteiger partial charge in [0.25, 0.3) is 0 Å². The second kappa shape index (κ2) is 5.30. The Balaban J connectivity index is 2.33. The Morgan fingerprint density at radius 1 is 1.32 bits per heavy atom. The van der Waals surface area contributed by atoms with Crippen molar-refractivity contribution in [2.24, 2.45) is 0 Å². The van der Waals surface area contributed by atoms with E-state index < -0.39 is 35.9 Å². The molecule has 1 aliphatic heterocycles. The van der Waals surface area contributed by atoms with Crippen LogP contribution in [0.15, 0.2) is 12.1 Å². The Morgan fingerprint density at radius 2 is 2.00 bits per heavy atom. The highest BCUT2D eigenvalue weighted by Gasteiger charge is 2.41. The summed E-state index contributed by atoms with van der Waals surface area (Å²) in [5.41, 5.74) is 0.262. The van der Waals surface area contributed by atoms with E-state index in [-0.39, 0.29) is 17.9 Å². The van der Waals surface area contributed by atoms with Crippen molar-refractivity contribution < 1.29 is 29.6 Å². The number of halogens is 1. The van der Waals surface area contributed by atoms with E-state index in [9.17, 15) is 19.7 Å². The molecule has 0 aromatic heterocycles. The summed E-state index contributed by atoms with van der Waals surface area (Å²) in [5, 5.41) is 41.0. The van der Waals surface area contributed by atoms with Crippen LogP contribution in [-0.4, -0.2) is 52.4 Å². The molecule has 19 heavy (non-hydrogen) atoms. The number of aliphatic hydroxyl groups excluding tert-OH is 3. The lowest BCUT2D eigenvalue weighted by molar-refractivity contribution is 0.0194. The molecule has 0 spiro atoms. The van der Waals surface area contributed by atoms with Gasteiger partial charge in [-0.1, -0.05) is 0 Å². The van der Waals surface area contributed by atoms with Gasteiger partial charge < -0.3 is 30.5 Å². The van der Waals surface area contributed by atoms with Gasteiger partial charge >= 0.3 is 0 Å². The Morgan fingerprint density at radius 3 is 2.47 bits per heavy atom. The molecule has 2 rings (SSSR count). The predicted octanol–water partition coefficient (Wildman–Crippen LogP) is -0.733. The van der Waals surface area contributed by atoms with Gasteiger partial charge in [0.05, 0.1) is 31.9 Å². The molecule has 0 amide bonds. The van der Waals surface area contributed by atoms with E-state index in [0.29, 0.717) is 0 Å². The number of aromatic hydroxyl groups is 1. The summed E-state index contributed by atoms with van der Waals surface area (Å²) < 4.78 is 18.3. The monoisotopic (exact) mass is 273 g/mol. The van der Waals surface area contributed by atoms with Crippen LogP contribution < -0.4 is 10.1 Å². The van der Waals surface area contributed by atoms with Gasteiger partial charge in [0, 0.05) is 0 Å². The quantitative estimate of drug-likeness (QED) is 0.497. The van der Waals surface area contributed by atoms with Gasteiger partial charge in [0.2, 0.25) is 0 Å². The third kappa shape index (κ3) is 2.37. The summed E-state index contributed by atoms with van der Waals surface area (Å²) >= 11 is 0. The number of aliphatic hydroxyl groups is 3. The Kier molecular flexibility index (Phi) is 3.91. The van der Waals surface area contributed by atoms with Crippen molar-refractivity contribution in [2.45, 2.75) is 24.3 Å². The van der Waals surface area contributed by atoms with Crippen LogP contribution in [0.25, 0.3) is 0 Å². The zero-order chi connectivity index (χ0) is 14.2. The van der Waals surface area contributed by atoms with E-state index >= 15 is 0 Å². The molecule has 7 heteroatoms. The number of hydrogen-bond donors (Lipinski definition) is 5. The SMILES string of the molecule is COc1c(O)cc([C@H]2N[C@H](CO)[C@@H](O)[C@@H]2O)cc1F.